The Bertz CT molecular complexity index is 540. The Morgan fingerprint density at radius 3 is 2.25 bits per heavy atom. The molecule has 0 aliphatic carbocycles. The van der Waals surface area contributed by atoms with Crippen LogP contribution in [0.5, 0.6) is 11.5 Å². The van der Waals surface area contributed by atoms with Crippen LogP contribution >= 0.6 is 34.8 Å². The molecule has 0 unspecified atom stereocenters. The maximum atomic E-state index is 12.1. The predicted octanol–water partition coefficient (Wildman–Crippen LogP) is 5.95. The van der Waals surface area contributed by atoms with E-state index >= 15 is 0 Å². The van der Waals surface area contributed by atoms with Crippen molar-refractivity contribution in [3.63, 3.8) is 0 Å². The van der Waals surface area contributed by atoms with E-state index in [2.05, 4.69) is 0 Å². The molecule has 0 heterocycles. The van der Waals surface area contributed by atoms with Crippen LogP contribution in [-0.4, -0.2) is 31.1 Å². The van der Waals surface area contributed by atoms with E-state index in [0.29, 0.717) is 31.8 Å². The van der Waals surface area contributed by atoms with Crippen LogP contribution in [0.25, 0.3) is 0 Å². The number of unbranched alkanes of at least 4 members (excludes halogenated alkanes) is 1. The minimum Gasteiger partial charge on any atom is -0.508 e. The third-order valence-corrected chi connectivity index (χ3v) is 3.70. The smallest absolute Gasteiger partial charge is 0.426 e. The molecule has 3 nitrogen and oxygen atoms in total. The van der Waals surface area contributed by atoms with E-state index < -0.39 is 11.2 Å². The molecule has 1 rings (SSSR count). The Hall–Kier alpha value is -0.820. The van der Waals surface area contributed by atoms with Crippen molar-refractivity contribution in [3.05, 3.63) is 33.3 Å². The number of phenolic OH excluding ortho intramolecular Hbond substituents is 1. The molecule has 0 bridgehead atoms. The monoisotopic (exact) mass is 406 g/mol. The van der Waals surface area contributed by atoms with Gasteiger partial charge in [0.05, 0.1) is 23.3 Å². The largest absolute Gasteiger partial charge is 0.508 e. The number of aromatic hydroxyl groups is 1. The van der Waals surface area contributed by atoms with Crippen molar-refractivity contribution in [3.8, 4) is 11.5 Å². The highest BCUT2D eigenvalue weighted by atomic mass is 35.5. The van der Waals surface area contributed by atoms with Crippen LogP contribution in [0.4, 0.5) is 13.2 Å². The average Bonchev–Trinajstić information content (AvgIpc) is 2.46. The minimum atomic E-state index is -4.50. The first-order valence-corrected chi connectivity index (χ1v) is 8.16. The van der Waals surface area contributed by atoms with Crippen LogP contribution in [-0.2, 0) is 4.74 Å². The molecule has 1 N–H and O–H groups in total. The molecule has 0 fully saturated rings. The molecular formula is C15H16Cl3F3O3. The number of halogens is 6. The third kappa shape index (κ3) is 7.83. The molecule has 1 aromatic rings. The second kappa shape index (κ2) is 10.2. The zero-order chi connectivity index (χ0) is 18.2. The predicted molar refractivity (Wildman–Crippen MR) is 88.3 cm³/mol. The fourth-order valence-electron chi connectivity index (χ4n) is 1.65. The van der Waals surface area contributed by atoms with Gasteiger partial charge >= 0.3 is 6.18 Å². The van der Waals surface area contributed by atoms with Crippen LogP contribution in [0, 0.1) is 0 Å². The van der Waals surface area contributed by atoms with Crippen LogP contribution < -0.4 is 4.74 Å². The molecule has 24 heavy (non-hydrogen) atoms. The number of ether oxygens (including phenoxy) is 2. The zero-order valence-electron chi connectivity index (χ0n) is 12.5. The lowest BCUT2D eigenvalue weighted by Gasteiger charge is -2.10. The Balaban J connectivity index is 2.14. The van der Waals surface area contributed by atoms with Crippen molar-refractivity contribution in [2.45, 2.75) is 25.4 Å². The van der Waals surface area contributed by atoms with Crippen LogP contribution in [0.15, 0.2) is 23.2 Å². The van der Waals surface area contributed by atoms with Gasteiger partial charge in [0.1, 0.15) is 10.8 Å². The molecule has 0 aromatic heterocycles. The van der Waals surface area contributed by atoms with E-state index in [-0.39, 0.29) is 28.8 Å². The summed E-state index contributed by atoms with van der Waals surface area (Å²) >= 11 is 16.9. The summed E-state index contributed by atoms with van der Waals surface area (Å²) in [6, 6.07) is 2.65. The number of hydrogen-bond donors (Lipinski definition) is 1. The summed E-state index contributed by atoms with van der Waals surface area (Å²) in [4.78, 5) is 0. The maximum absolute atomic E-state index is 12.1. The summed E-state index contributed by atoms with van der Waals surface area (Å²) in [5.74, 6) is 0.245. The highest BCUT2D eigenvalue weighted by Gasteiger charge is 2.31. The van der Waals surface area contributed by atoms with E-state index in [1.165, 1.54) is 12.1 Å². The first kappa shape index (κ1) is 21.2. The number of phenols is 1. The van der Waals surface area contributed by atoms with Crippen LogP contribution in [0.2, 0.25) is 10.0 Å². The molecule has 0 aliphatic rings. The molecule has 136 valence electrons. The summed E-state index contributed by atoms with van der Waals surface area (Å²) in [5, 5.41) is 8.58. The normalized spacial score (nSPS) is 12.5. The zero-order valence-corrected chi connectivity index (χ0v) is 14.8. The Morgan fingerprint density at radius 1 is 1.08 bits per heavy atom. The lowest BCUT2D eigenvalue weighted by molar-refractivity contribution is -0.0848. The van der Waals surface area contributed by atoms with Gasteiger partial charge in [-0.25, -0.2) is 0 Å². The lowest BCUT2D eigenvalue weighted by atomic mass is 10.3. The topological polar surface area (TPSA) is 38.7 Å². The molecule has 0 saturated heterocycles. The lowest BCUT2D eigenvalue weighted by Crippen LogP contribution is -2.07. The van der Waals surface area contributed by atoms with Crippen molar-refractivity contribution in [1.82, 2.24) is 0 Å². The van der Waals surface area contributed by atoms with Gasteiger partial charge < -0.3 is 14.6 Å². The summed E-state index contributed by atoms with van der Waals surface area (Å²) in [5.41, 5.74) is 0. The SMILES string of the molecule is Oc1cc(Cl)c(OCCCCOCC/C=C(\Cl)C(F)(F)F)c(Cl)c1. The molecular weight excluding hydrogens is 392 g/mol. The first-order chi connectivity index (χ1) is 11.2. The van der Waals surface area contributed by atoms with Gasteiger partial charge in [0, 0.05) is 18.7 Å². The van der Waals surface area contributed by atoms with Gasteiger partial charge in [-0.3, -0.25) is 0 Å². The van der Waals surface area contributed by atoms with Crippen molar-refractivity contribution in [1.29, 1.82) is 0 Å². The number of benzene rings is 1. The summed E-state index contributed by atoms with van der Waals surface area (Å²) in [7, 11) is 0. The molecule has 0 aliphatic heterocycles. The number of alkyl halides is 3. The molecule has 1 aromatic carbocycles. The molecule has 0 amide bonds. The molecule has 0 saturated carbocycles. The van der Waals surface area contributed by atoms with E-state index in [9.17, 15) is 18.3 Å². The van der Waals surface area contributed by atoms with Gasteiger partial charge in [0.15, 0.2) is 5.75 Å². The first-order valence-electron chi connectivity index (χ1n) is 7.03. The Morgan fingerprint density at radius 2 is 1.67 bits per heavy atom. The third-order valence-electron chi connectivity index (χ3n) is 2.77. The van der Waals surface area contributed by atoms with Gasteiger partial charge in [0.25, 0.3) is 0 Å². The Labute approximate surface area is 152 Å². The van der Waals surface area contributed by atoms with Gasteiger partial charge in [-0.1, -0.05) is 40.9 Å². The second-order valence-corrected chi connectivity index (χ2v) is 5.97. The number of rotatable bonds is 9. The van der Waals surface area contributed by atoms with E-state index in [1.54, 1.807) is 0 Å². The molecule has 9 heteroatoms. The van der Waals surface area contributed by atoms with Gasteiger partial charge in [-0.05, 0) is 19.3 Å². The van der Waals surface area contributed by atoms with E-state index in [4.69, 9.17) is 44.3 Å². The molecule has 0 radical (unpaired) electrons. The fourth-order valence-corrected chi connectivity index (χ4v) is 2.35. The second-order valence-electron chi connectivity index (χ2n) is 4.74. The standard InChI is InChI=1S/C15H16Cl3F3O3/c16-11-8-10(22)9-12(17)14(11)24-7-2-1-5-23-6-3-4-13(18)15(19,20)21/h4,8-9,22H,1-3,5-7H2/b13-4-. The van der Waals surface area contributed by atoms with Crippen molar-refractivity contribution >= 4 is 34.8 Å². The van der Waals surface area contributed by atoms with Crippen LogP contribution in [0.1, 0.15) is 19.3 Å². The van der Waals surface area contributed by atoms with Gasteiger partial charge in [0.2, 0.25) is 0 Å². The molecule has 0 atom stereocenters. The maximum Gasteiger partial charge on any atom is 0.426 e. The highest BCUT2D eigenvalue weighted by molar-refractivity contribution is 6.37. The summed E-state index contributed by atoms with van der Waals surface area (Å²) < 4.78 is 46.9. The van der Waals surface area contributed by atoms with Crippen molar-refractivity contribution in [2.24, 2.45) is 0 Å². The quantitative estimate of drug-likeness (QED) is 0.514. The highest BCUT2D eigenvalue weighted by Crippen LogP contribution is 2.36. The van der Waals surface area contributed by atoms with Gasteiger partial charge in [-0.15, -0.1) is 0 Å². The van der Waals surface area contributed by atoms with E-state index in [1.807, 2.05) is 0 Å². The summed E-state index contributed by atoms with van der Waals surface area (Å²) in [6.45, 7) is 0.883. The van der Waals surface area contributed by atoms with Crippen molar-refractivity contribution < 1.29 is 27.8 Å². The average molecular weight is 408 g/mol. The van der Waals surface area contributed by atoms with E-state index in [0.717, 1.165) is 6.08 Å². The number of hydrogen-bond acceptors (Lipinski definition) is 3. The summed E-state index contributed by atoms with van der Waals surface area (Å²) in [6.07, 6.45) is -2.22. The van der Waals surface area contributed by atoms with Gasteiger partial charge in [-0.2, -0.15) is 13.2 Å². The Kier molecular flexibility index (Phi) is 9.05. The minimum absolute atomic E-state index is 0.0505. The van der Waals surface area contributed by atoms with Crippen molar-refractivity contribution in [2.75, 3.05) is 19.8 Å². The van der Waals surface area contributed by atoms with Crippen LogP contribution in [0.3, 0.4) is 0 Å². The molecule has 0 spiro atoms. The number of allylic oxidation sites excluding steroid dienone is 1. The fraction of sp³-hybridized carbons (Fsp3) is 0.467.